The van der Waals surface area contributed by atoms with E-state index in [-0.39, 0.29) is 0 Å². The van der Waals surface area contributed by atoms with Crippen molar-refractivity contribution in [3.63, 3.8) is 0 Å². The van der Waals surface area contributed by atoms with Crippen LogP contribution >= 0.6 is 11.8 Å². The maximum Gasteiger partial charge on any atom is 0.253 e. The number of hydrogen-bond donors (Lipinski definition) is 2. The van der Waals surface area contributed by atoms with Crippen molar-refractivity contribution in [1.29, 1.82) is 0 Å². The molecule has 0 aromatic heterocycles. The predicted octanol–water partition coefficient (Wildman–Crippen LogP) is 2.68. The summed E-state index contributed by atoms with van der Waals surface area (Å²) in [5, 5.41) is 15.6. The number of anilines is 1. The molecule has 0 aliphatic carbocycles. The van der Waals surface area contributed by atoms with Gasteiger partial charge in [0.2, 0.25) is 0 Å². The van der Waals surface area contributed by atoms with Crippen LogP contribution in [0.25, 0.3) is 10.4 Å². The molecule has 0 radical (unpaired) electrons. The van der Waals surface area contributed by atoms with E-state index in [0.29, 0.717) is 17.8 Å². The monoisotopic (exact) mass is 266 g/mol. The SMILES string of the molecule is CSCCC(O)C(=O)Nc1ccc(N=[N+]=[N-])cc1. The fourth-order valence-corrected chi connectivity index (χ4v) is 1.71. The maximum atomic E-state index is 11.6. The molecule has 0 fully saturated rings. The first-order valence-electron chi connectivity index (χ1n) is 5.30. The highest BCUT2D eigenvalue weighted by Crippen LogP contribution is 2.16. The zero-order chi connectivity index (χ0) is 13.4. The Kier molecular flexibility index (Phi) is 6.07. The van der Waals surface area contributed by atoms with Crippen LogP contribution in [-0.2, 0) is 4.79 Å². The van der Waals surface area contributed by atoms with Gasteiger partial charge in [0, 0.05) is 16.3 Å². The van der Waals surface area contributed by atoms with E-state index in [1.54, 1.807) is 36.0 Å². The van der Waals surface area contributed by atoms with Gasteiger partial charge in [-0.3, -0.25) is 4.79 Å². The highest BCUT2D eigenvalue weighted by atomic mass is 32.2. The molecule has 0 heterocycles. The predicted molar refractivity (Wildman–Crippen MR) is 72.9 cm³/mol. The van der Waals surface area contributed by atoms with Gasteiger partial charge in [-0.2, -0.15) is 11.8 Å². The third-order valence-electron chi connectivity index (χ3n) is 2.19. The lowest BCUT2D eigenvalue weighted by Gasteiger charge is -2.10. The molecule has 1 aromatic rings. The topological polar surface area (TPSA) is 98.1 Å². The second kappa shape index (κ2) is 7.60. The van der Waals surface area contributed by atoms with Gasteiger partial charge in [-0.1, -0.05) is 17.2 Å². The van der Waals surface area contributed by atoms with Gasteiger partial charge in [0.15, 0.2) is 0 Å². The third-order valence-corrected chi connectivity index (χ3v) is 2.84. The van der Waals surface area contributed by atoms with E-state index in [1.165, 1.54) is 0 Å². The Hall–Kier alpha value is -1.69. The van der Waals surface area contributed by atoms with E-state index < -0.39 is 12.0 Å². The van der Waals surface area contributed by atoms with Gasteiger partial charge >= 0.3 is 0 Å². The Balaban J connectivity index is 2.56. The first-order chi connectivity index (χ1) is 8.67. The molecule has 1 aromatic carbocycles. The molecule has 0 saturated carbocycles. The van der Waals surface area contributed by atoms with Crippen LogP contribution in [0.2, 0.25) is 0 Å². The summed E-state index contributed by atoms with van der Waals surface area (Å²) in [5.74, 6) is 0.297. The van der Waals surface area contributed by atoms with Gasteiger partial charge in [0.25, 0.3) is 5.91 Å². The number of benzene rings is 1. The van der Waals surface area contributed by atoms with E-state index in [9.17, 15) is 9.90 Å². The molecule has 96 valence electrons. The molecular weight excluding hydrogens is 252 g/mol. The molecule has 1 unspecified atom stereocenters. The minimum Gasteiger partial charge on any atom is -0.383 e. The van der Waals surface area contributed by atoms with Crippen molar-refractivity contribution < 1.29 is 9.90 Å². The average Bonchev–Trinajstić information content (AvgIpc) is 2.38. The van der Waals surface area contributed by atoms with Crippen molar-refractivity contribution in [2.75, 3.05) is 17.3 Å². The minimum absolute atomic E-state index is 0.420. The zero-order valence-electron chi connectivity index (χ0n) is 9.91. The van der Waals surface area contributed by atoms with E-state index in [1.807, 2.05) is 6.26 Å². The average molecular weight is 266 g/mol. The third kappa shape index (κ3) is 4.67. The number of aliphatic hydroxyl groups excluding tert-OH is 1. The molecule has 2 N–H and O–H groups in total. The lowest BCUT2D eigenvalue weighted by molar-refractivity contribution is -0.124. The molecule has 0 spiro atoms. The minimum atomic E-state index is -1.01. The standard InChI is InChI=1S/C11H14N4O2S/c1-18-7-6-10(16)11(17)13-8-2-4-9(5-3-8)14-15-12/h2-5,10,16H,6-7H2,1H3,(H,13,17). The fraction of sp³-hybridized carbons (Fsp3) is 0.364. The van der Waals surface area contributed by atoms with Crippen molar-refractivity contribution in [1.82, 2.24) is 0 Å². The molecule has 0 aliphatic rings. The first-order valence-corrected chi connectivity index (χ1v) is 6.69. The van der Waals surface area contributed by atoms with Crippen LogP contribution in [-0.4, -0.2) is 29.1 Å². The van der Waals surface area contributed by atoms with Gasteiger partial charge in [0.1, 0.15) is 6.10 Å². The van der Waals surface area contributed by atoms with Crippen LogP contribution in [0.3, 0.4) is 0 Å². The summed E-state index contributed by atoms with van der Waals surface area (Å²) in [4.78, 5) is 14.2. The van der Waals surface area contributed by atoms with Crippen LogP contribution in [0, 0.1) is 0 Å². The van der Waals surface area contributed by atoms with Crippen LogP contribution in [0.4, 0.5) is 11.4 Å². The molecule has 0 saturated heterocycles. The summed E-state index contributed by atoms with van der Waals surface area (Å²) in [5.41, 5.74) is 9.27. The molecule has 1 rings (SSSR count). The van der Waals surface area contributed by atoms with Gasteiger partial charge in [-0.05, 0) is 36.1 Å². The Bertz CT molecular complexity index is 443. The first kappa shape index (κ1) is 14.4. The van der Waals surface area contributed by atoms with Gasteiger partial charge in [0.05, 0.1) is 0 Å². The Morgan fingerprint density at radius 3 is 2.78 bits per heavy atom. The number of carbonyl (C=O) groups excluding carboxylic acids is 1. The van der Waals surface area contributed by atoms with Crippen molar-refractivity contribution in [2.24, 2.45) is 5.11 Å². The summed E-state index contributed by atoms with van der Waals surface area (Å²) in [6.07, 6.45) is 1.33. The number of hydrogen-bond acceptors (Lipinski definition) is 4. The number of nitrogens with zero attached hydrogens (tertiary/aromatic N) is 3. The Morgan fingerprint density at radius 1 is 1.56 bits per heavy atom. The van der Waals surface area contributed by atoms with Crippen molar-refractivity contribution >= 4 is 29.0 Å². The molecule has 0 aliphatic heterocycles. The summed E-state index contributed by atoms with van der Waals surface area (Å²) in [7, 11) is 0. The van der Waals surface area contributed by atoms with E-state index >= 15 is 0 Å². The smallest absolute Gasteiger partial charge is 0.253 e. The molecule has 0 bridgehead atoms. The number of azide groups is 1. The molecular formula is C11H14N4O2S. The van der Waals surface area contributed by atoms with Crippen molar-refractivity contribution in [3.05, 3.63) is 34.7 Å². The van der Waals surface area contributed by atoms with Gasteiger partial charge in [-0.25, -0.2) is 0 Å². The highest BCUT2D eigenvalue weighted by Gasteiger charge is 2.14. The summed E-state index contributed by atoms with van der Waals surface area (Å²) < 4.78 is 0. The Labute approximate surface area is 109 Å². The number of aliphatic hydroxyl groups is 1. The largest absolute Gasteiger partial charge is 0.383 e. The lowest BCUT2D eigenvalue weighted by atomic mass is 10.2. The van der Waals surface area contributed by atoms with Crippen molar-refractivity contribution in [3.8, 4) is 0 Å². The van der Waals surface area contributed by atoms with Crippen LogP contribution in [0.15, 0.2) is 29.4 Å². The number of nitrogens with one attached hydrogen (secondary N) is 1. The quantitative estimate of drug-likeness (QED) is 0.470. The molecule has 1 amide bonds. The number of rotatable bonds is 6. The normalized spacial score (nSPS) is 11.4. The van der Waals surface area contributed by atoms with Crippen molar-refractivity contribution in [2.45, 2.75) is 12.5 Å². The summed E-state index contributed by atoms with van der Waals surface area (Å²) in [6, 6.07) is 6.40. The number of amides is 1. The zero-order valence-corrected chi connectivity index (χ0v) is 10.7. The van der Waals surface area contributed by atoms with E-state index in [4.69, 9.17) is 5.53 Å². The summed E-state index contributed by atoms with van der Waals surface area (Å²) >= 11 is 1.57. The molecule has 6 nitrogen and oxygen atoms in total. The maximum absolute atomic E-state index is 11.6. The van der Waals surface area contributed by atoms with E-state index in [0.717, 1.165) is 5.75 Å². The van der Waals surface area contributed by atoms with Gasteiger partial charge in [-0.15, -0.1) is 0 Å². The van der Waals surface area contributed by atoms with Gasteiger partial charge < -0.3 is 10.4 Å². The van der Waals surface area contributed by atoms with E-state index in [2.05, 4.69) is 15.3 Å². The highest BCUT2D eigenvalue weighted by molar-refractivity contribution is 7.98. The van der Waals surface area contributed by atoms with Crippen LogP contribution in [0.1, 0.15) is 6.42 Å². The molecule has 7 heteroatoms. The second-order valence-electron chi connectivity index (χ2n) is 3.52. The lowest BCUT2D eigenvalue weighted by Crippen LogP contribution is -2.28. The fourth-order valence-electron chi connectivity index (χ4n) is 1.25. The molecule has 18 heavy (non-hydrogen) atoms. The number of thioether (sulfide) groups is 1. The second-order valence-corrected chi connectivity index (χ2v) is 4.51. The summed E-state index contributed by atoms with van der Waals surface area (Å²) in [6.45, 7) is 0. The van der Waals surface area contributed by atoms with Crippen LogP contribution in [0.5, 0.6) is 0 Å². The Morgan fingerprint density at radius 2 is 2.22 bits per heavy atom. The number of carbonyl (C=O) groups is 1. The molecule has 1 atom stereocenters. The van der Waals surface area contributed by atoms with Crippen LogP contribution < -0.4 is 5.32 Å².